The van der Waals surface area contributed by atoms with Gasteiger partial charge in [0.2, 0.25) is 0 Å². The number of rotatable bonds is 4. The van der Waals surface area contributed by atoms with Gasteiger partial charge in [-0.15, -0.1) is 0 Å². The second kappa shape index (κ2) is 7.24. The lowest BCUT2D eigenvalue weighted by Crippen LogP contribution is -2.47. The molecule has 0 atom stereocenters. The molecule has 128 valence electrons. The number of benzene rings is 2. The zero-order valence-electron chi connectivity index (χ0n) is 14.9. The molecule has 1 aliphatic rings. The summed E-state index contributed by atoms with van der Waals surface area (Å²) in [5, 5.41) is 1.26. The molecule has 3 aromatic rings. The van der Waals surface area contributed by atoms with E-state index in [0.717, 1.165) is 50.5 Å². The second-order valence-corrected chi connectivity index (χ2v) is 6.88. The van der Waals surface area contributed by atoms with Crippen LogP contribution < -0.4 is 4.90 Å². The Kier molecular flexibility index (Phi) is 4.66. The van der Waals surface area contributed by atoms with Crippen LogP contribution >= 0.6 is 0 Å². The second-order valence-electron chi connectivity index (χ2n) is 6.88. The summed E-state index contributed by atoms with van der Waals surface area (Å²) in [6.07, 6.45) is 1.13. The number of aromatic nitrogens is 1. The zero-order valence-corrected chi connectivity index (χ0v) is 14.9. The van der Waals surface area contributed by atoms with Crippen molar-refractivity contribution in [3.05, 3.63) is 71.8 Å². The predicted octanol–water partition coefficient (Wildman–Crippen LogP) is 3.91. The van der Waals surface area contributed by atoms with Gasteiger partial charge >= 0.3 is 0 Å². The van der Waals surface area contributed by atoms with Crippen molar-refractivity contribution in [3.8, 4) is 0 Å². The maximum atomic E-state index is 4.89. The van der Waals surface area contributed by atoms with Crippen LogP contribution in [0.5, 0.6) is 0 Å². The number of fused-ring (bicyclic) bond motifs is 1. The van der Waals surface area contributed by atoms with Crippen LogP contribution in [0.3, 0.4) is 0 Å². The first-order valence-corrected chi connectivity index (χ1v) is 9.17. The van der Waals surface area contributed by atoms with E-state index in [2.05, 4.69) is 77.4 Å². The van der Waals surface area contributed by atoms with E-state index in [1.807, 2.05) is 0 Å². The molecule has 0 radical (unpaired) electrons. The number of nitrogens with zero attached hydrogens (tertiary/aromatic N) is 3. The highest BCUT2D eigenvalue weighted by Gasteiger charge is 2.18. The highest BCUT2D eigenvalue weighted by Crippen LogP contribution is 2.23. The molecule has 3 nitrogen and oxygen atoms in total. The number of aryl methyl sites for hydroxylation is 1. The maximum absolute atomic E-state index is 4.89. The highest BCUT2D eigenvalue weighted by atomic mass is 15.3. The van der Waals surface area contributed by atoms with Gasteiger partial charge < -0.3 is 4.90 Å². The van der Waals surface area contributed by atoms with E-state index in [9.17, 15) is 0 Å². The Balaban J connectivity index is 1.38. The third kappa shape index (κ3) is 3.67. The highest BCUT2D eigenvalue weighted by molar-refractivity contribution is 5.83. The Hall–Kier alpha value is -2.39. The predicted molar refractivity (Wildman–Crippen MR) is 105 cm³/mol. The lowest BCUT2D eigenvalue weighted by molar-refractivity contribution is 0.260. The van der Waals surface area contributed by atoms with Crippen molar-refractivity contribution in [2.75, 3.05) is 37.6 Å². The monoisotopic (exact) mass is 331 g/mol. The first-order valence-electron chi connectivity index (χ1n) is 9.17. The summed E-state index contributed by atoms with van der Waals surface area (Å²) >= 11 is 0. The molecule has 2 aromatic carbocycles. The van der Waals surface area contributed by atoms with Gasteiger partial charge in [-0.05, 0) is 36.6 Å². The van der Waals surface area contributed by atoms with Crippen molar-refractivity contribution in [3.63, 3.8) is 0 Å². The van der Waals surface area contributed by atoms with Gasteiger partial charge in [0.05, 0.1) is 5.52 Å². The summed E-state index contributed by atoms with van der Waals surface area (Å²) in [5.74, 6) is 1.12. The van der Waals surface area contributed by atoms with E-state index in [0.29, 0.717) is 0 Å². The fraction of sp³-hybridized carbons (Fsp3) is 0.318. The Labute approximate surface area is 149 Å². The van der Waals surface area contributed by atoms with E-state index < -0.39 is 0 Å². The van der Waals surface area contributed by atoms with Crippen molar-refractivity contribution in [1.82, 2.24) is 9.88 Å². The van der Waals surface area contributed by atoms with Crippen LogP contribution in [0.2, 0.25) is 0 Å². The third-order valence-electron chi connectivity index (χ3n) is 5.17. The molecule has 0 spiro atoms. The van der Waals surface area contributed by atoms with Crippen molar-refractivity contribution >= 4 is 16.7 Å². The molecule has 0 saturated carbocycles. The van der Waals surface area contributed by atoms with Crippen LogP contribution in [-0.2, 0) is 6.42 Å². The molecule has 1 aliphatic heterocycles. The fourth-order valence-corrected chi connectivity index (χ4v) is 3.63. The fourth-order valence-electron chi connectivity index (χ4n) is 3.63. The van der Waals surface area contributed by atoms with Crippen molar-refractivity contribution in [2.24, 2.45) is 0 Å². The Morgan fingerprint density at radius 3 is 2.40 bits per heavy atom. The summed E-state index contributed by atoms with van der Waals surface area (Å²) in [4.78, 5) is 9.88. The van der Waals surface area contributed by atoms with Crippen LogP contribution in [-0.4, -0.2) is 42.6 Å². The van der Waals surface area contributed by atoms with E-state index in [1.165, 1.54) is 16.5 Å². The molecule has 25 heavy (non-hydrogen) atoms. The van der Waals surface area contributed by atoms with E-state index >= 15 is 0 Å². The summed E-state index contributed by atoms with van der Waals surface area (Å²) in [5.41, 5.74) is 3.84. The van der Waals surface area contributed by atoms with E-state index in [1.54, 1.807) is 0 Å². The van der Waals surface area contributed by atoms with E-state index in [-0.39, 0.29) is 0 Å². The van der Waals surface area contributed by atoms with Crippen LogP contribution in [0, 0.1) is 6.92 Å². The molecular formula is C22H25N3. The third-order valence-corrected chi connectivity index (χ3v) is 5.17. The largest absolute Gasteiger partial charge is 0.354 e. The molecular weight excluding hydrogens is 306 g/mol. The number of hydrogen-bond acceptors (Lipinski definition) is 3. The number of para-hydroxylation sites is 1. The first kappa shape index (κ1) is 16.1. The van der Waals surface area contributed by atoms with Gasteiger partial charge in [0.25, 0.3) is 0 Å². The molecule has 0 aliphatic carbocycles. The molecule has 0 bridgehead atoms. The summed E-state index contributed by atoms with van der Waals surface area (Å²) in [6.45, 7) is 7.66. The van der Waals surface area contributed by atoms with Crippen LogP contribution in [0.25, 0.3) is 10.9 Å². The molecule has 1 aromatic heterocycles. The molecule has 0 unspecified atom stereocenters. The lowest BCUT2D eigenvalue weighted by Gasteiger charge is -2.35. The van der Waals surface area contributed by atoms with Crippen molar-refractivity contribution in [2.45, 2.75) is 13.3 Å². The summed E-state index contributed by atoms with van der Waals surface area (Å²) in [7, 11) is 0. The number of hydrogen-bond donors (Lipinski definition) is 0. The normalized spacial score (nSPS) is 15.6. The molecule has 0 N–H and O–H groups in total. The molecule has 1 fully saturated rings. The Bertz CT molecular complexity index is 836. The smallest absolute Gasteiger partial charge is 0.129 e. The number of pyridine rings is 1. The SMILES string of the molecule is Cc1cc(N2CCN(CCc3ccccc3)CC2)nc2ccccc12. The van der Waals surface area contributed by atoms with E-state index in [4.69, 9.17) is 4.98 Å². The van der Waals surface area contributed by atoms with Gasteiger partial charge in [-0.25, -0.2) is 4.98 Å². The van der Waals surface area contributed by atoms with Crippen LogP contribution in [0.15, 0.2) is 60.7 Å². The molecule has 4 rings (SSSR count). The quantitative estimate of drug-likeness (QED) is 0.722. The minimum atomic E-state index is 1.06. The lowest BCUT2D eigenvalue weighted by atomic mass is 10.1. The van der Waals surface area contributed by atoms with Crippen LogP contribution in [0.4, 0.5) is 5.82 Å². The Morgan fingerprint density at radius 1 is 0.880 bits per heavy atom. The van der Waals surface area contributed by atoms with Gasteiger partial charge in [0, 0.05) is 38.1 Å². The number of anilines is 1. The minimum Gasteiger partial charge on any atom is -0.354 e. The van der Waals surface area contributed by atoms with Gasteiger partial charge in [-0.2, -0.15) is 0 Å². The Morgan fingerprint density at radius 2 is 1.60 bits per heavy atom. The van der Waals surface area contributed by atoms with Gasteiger partial charge in [-0.3, -0.25) is 4.90 Å². The molecule has 2 heterocycles. The van der Waals surface area contributed by atoms with Crippen molar-refractivity contribution in [1.29, 1.82) is 0 Å². The molecule has 3 heteroatoms. The number of piperazine rings is 1. The van der Waals surface area contributed by atoms with Crippen molar-refractivity contribution < 1.29 is 0 Å². The topological polar surface area (TPSA) is 19.4 Å². The van der Waals surface area contributed by atoms with Gasteiger partial charge in [0.15, 0.2) is 0 Å². The standard InChI is InChI=1S/C22H25N3/c1-18-17-22(23-21-10-6-5-9-20(18)21)25-15-13-24(14-16-25)12-11-19-7-3-2-4-8-19/h2-10,17H,11-16H2,1H3. The van der Waals surface area contributed by atoms with Gasteiger partial charge in [-0.1, -0.05) is 48.5 Å². The minimum absolute atomic E-state index is 1.06. The summed E-state index contributed by atoms with van der Waals surface area (Å²) < 4.78 is 0. The first-order chi connectivity index (χ1) is 12.3. The maximum Gasteiger partial charge on any atom is 0.129 e. The molecule has 0 amide bonds. The summed E-state index contributed by atoms with van der Waals surface area (Å²) in [6, 6.07) is 21.4. The van der Waals surface area contributed by atoms with Gasteiger partial charge in [0.1, 0.15) is 5.82 Å². The average Bonchev–Trinajstić information content (AvgIpc) is 2.68. The average molecular weight is 331 g/mol. The zero-order chi connectivity index (χ0) is 17.1. The van der Waals surface area contributed by atoms with Crippen LogP contribution in [0.1, 0.15) is 11.1 Å². The molecule has 1 saturated heterocycles.